The van der Waals surface area contributed by atoms with Crippen molar-refractivity contribution in [3.63, 3.8) is 0 Å². The van der Waals surface area contributed by atoms with Crippen LogP contribution in [0.25, 0.3) is 0 Å². The summed E-state index contributed by atoms with van der Waals surface area (Å²) in [4.78, 5) is 2.52. The van der Waals surface area contributed by atoms with E-state index in [9.17, 15) is 5.11 Å². The highest BCUT2D eigenvalue weighted by molar-refractivity contribution is 6.30. The highest BCUT2D eigenvalue weighted by Crippen LogP contribution is 2.49. The zero-order chi connectivity index (χ0) is 18.0. The van der Waals surface area contributed by atoms with Crippen molar-refractivity contribution in [1.29, 1.82) is 0 Å². The summed E-state index contributed by atoms with van der Waals surface area (Å²) in [5.41, 5.74) is 0.626. The van der Waals surface area contributed by atoms with Crippen molar-refractivity contribution < 1.29 is 5.11 Å². The van der Waals surface area contributed by atoms with E-state index in [0.717, 1.165) is 56.5 Å². The number of aliphatic hydroxyl groups is 1. The number of piperazine rings is 1. The van der Waals surface area contributed by atoms with Gasteiger partial charge in [0.2, 0.25) is 0 Å². The Morgan fingerprint density at radius 1 is 1.15 bits per heavy atom. The Morgan fingerprint density at radius 2 is 1.92 bits per heavy atom. The molecule has 1 heterocycles. The zero-order valence-electron chi connectivity index (χ0n) is 15.8. The molecule has 26 heavy (non-hydrogen) atoms. The van der Waals surface area contributed by atoms with Gasteiger partial charge in [0.25, 0.3) is 0 Å². The maximum absolute atomic E-state index is 11.9. The van der Waals surface area contributed by atoms with Gasteiger partial charge in [-0.05, 0) is 48.8 Å². The number of hydrogen-bond acceptors (Lipinski definition) is 3. The number of rotatable bonds is 4. The van der Waals surface area contributed by atoms with Crippen LogP contribution in [0.4, 0.5) is 0 Å². The molecule has 4 rings (SSSR count). The van der Waals surface area contributed by atoms with E-state index in [4.69, 9.17) is 11.6 Å². The standard InChI is InChI=1S/C22H33ClN2O/c23-20-7-3-6-18(14-20)21(16-25-12-10-24-11-13-25)22(26)9-8-17-4-1-2-5-19(17)15-22/h3,6-7,14,17,19,21,24,26H,1-2,4-5,8-13,15-16H2. The Morgan fingerprint density at radius 3 is 2.69 bits per heavy atom. The number of hydrogen-bond donors (Lipinski definition) is 2. The van der Waals surface area contributed by atoms with Gasteiger partial charge >= 0.3 is 0 Å². The minimum atomic E-state index is -0.589. The Kier molecular flexibility index (Phi) is 5.90. The van der Waals surface area contributed by atoms with Gasteiger partial charge in [0.05, 0.1) is 5.60 Å². The van der Waals surface area contributed by atoms with Crippen LogP contribution >= 0.6 is 11.6 Å². The molecule has 2 N–H and O–H groups in total. The van der Waals surface area contributed by atoms with Crippen LogP contribution in [-0.4, -0.2) is 48.3 Å². The van der Waals surface area contributed by atoms with E-state index in [1.54, 1.807) is 0 Å². The van der Waals surface area contributed by atoms with Gasteiger partial charge in [-0.1, -0.05) is 49.4 Å². The first kappa shape index (κ1) is 18.7. The molecule has 1 aliphatic heterocycles. The minimum absolute atomic E-state index is 0.155. The van der Waals surface area contributed by atoms with Crippen LogP contribution < -0.4 is 5.32 Å². The van der Waals surface area contributed by atoms with Gasteiger partial charge in [0.1, 0.15) is 0 Å². The number of nitrogens with zero attached hydrogens (tertiary/aromatic N) is 1. The smallest absolute Gasteiger partial charge is 0.0731 e. The monoisotopic (exact) mass is 376 g/mol. The van der Waals surface area contributed by atoms with E-state index >= 15 is 0 Å². The fraction of sp³-hybridized carbons (Fsp3) is 0.727. The lowest BCUT2D eigenvalue weighted by Crippen LogP contribution is -2.51. The molecular formula is C22H33ClN2O. The summed E-state index contributed by atoms with van der Waals surface area (Å²) in [6.45, 7) is 5.17. The van der Waals surface area contributed by atoms with E-state index in [0.29, 0.717) is 5.92 Å². The quantitative estimate of drug-likeness (QED) is 0.832. The van der Waals surface area contributed by atoms with Crippen molar-refractivity contribution in [2.75, 3.05) is 32.7 Å². The molecule has 2 saturated carbocycles. The van der Waals surface area contributed by atoms with Crippen LogP contribution in [0, 0.1) is 11.8 Å². The molecule has 4 unspecified atom stereocenters. The molecule has 4 heteroatoms. The van der Waals surface area contributed by atoms with Gasteiger partial charge < -0.3 is 15.3 Å². The molecule has 3 aliphatic rings. The first-order valence-corrected chi connectivity index (χ1v) is 10.9. The summed E-state index contributed by atoms with van der Waals surface area (Å²) in [5, 5.41) is 16.1. The van der Waals surface area contributed by atoms with Crippen LogP contribution in [-0.2, 0) is 0 Å². The van der Waals surface area contributed by atoms with Gasteiger partial charge in [-0.2, -0.15) is 0 Å². The second-order valence-electron chi connectivity index (χ2n) is 8.81. The average Bonchev–Trinajstić information content (AvgIpc) is 2.67. The molecule has 3 fully saturated rings. The lowest BCUT2D eigenvalue weighted by atomic mass is 9.61. The summed E-state index contributed by atoms with van der Waals surface area (Å²) >= 11 is 6.32. The molecule has 0 spiro atoms. The Hall–Kier alpha value is -0.610. The van der Waals surface area contributed by atoms with Crippen molar-refractivity contribution in [2.24, 2.45) is 11.8 Å². The van der Waals surface area contributed by atoms with Crippen LogP contribution in [0.15, 0.2) is 24.3 Å². The number of fused-ring (bicyclic) bond motifs is 1. The first-order chi connectivity index (χ1) is 12.6. The fourth-order valence-corrected chi connectivity index (χ4v) is 5.90. The molecule has 0 amide bonds. The summed E-state index contributed by atoms with van der Waals surface area (Å²) in [5.74, 6) is 1.72. The average molecular weight is 377 g/mol. The van der Waals surface area contributed by atoms with Crippen LogP contribution in [0.3, 0.4) is 0 Å². The van der Waals surface area contributed by atoms with Gasteiger partial charge in [-0.15, -0.1) is 0 Å². The predicted molar refractivity (Wildman–Crippen MR) is 108 cm³/mol. The van der Waals surface area contributed by atoms with E-state index in [1.165, 1.54) is 37.7 Å². The normalized spacial score (nSPS) is 34.2. The SMILES string of the molecule is OC1(C(CN2CCNCC2)c2cccc(Cl)c2)CCC2CCCCC2C1. The summed E-state index contributed by atoms with van der Waals surface area (Å²) < 4.78 is 0. The third kappa shape index (κ3) is 4.11. The molecular weight excluding hydrogens is 344 g/mol. The van der Waals surface area contributed by atoms with Gasteiger partial charge in [-0.3, -0.25) is 0 Å². The molecule has 2 aliphatic carbocycles. The summed E-state index contributed by atoms with van der Waals surface area (Å²) in [7, 11) is 0. The molecule has 1 aromatic carbocycles. The molecule has 0 radical (unpaired) electrons. The summed E-state index contributed by atoms with van der Waals surface area (Å²) in [6, 6.07) is 8.23. The van der Waals surface area contributed by atoms with Crippen LogP contribution in [0.1, 0.15) is 56.4 Å². The van der Waals surface area contributed by atoms with Crippen LogP contribution in [0.2, 0.25) is 5.02 Å². The second-order valence-corrected chi connectivity index (χ2v) is 9.25. The Bertz CT molecular complexity index is 604. The Balaban J connectivity index is 1.58. The topological polar surface area (TPSA) is 35.5 Å². The maximum atomic E-state index is 11.9. The molecule has 0 bridgehead atoms. The van der Waals surface area contributed by atoms with E-state index in [-0.39, 0.29) is 5.92 Å². The molecule has 0 aromatic heterocycles. The van der Waals surface area contributed by atoms with Crippen molar-refractivity contribution in [2.45, 2.75) is 56.5 Å². The highest BCUT2D eigenvalue weighted by Gasteiger charge is 2.46. The lowest BCUT2D eigenvalue weighted by Gasteiger charge is -2.48. The lowest BCUT2D eigenvalue weighted by molar-refractivity contribution is -0.0711. The third-order valence-electron chi connectivity index (χ3n) is 7.18. The van der Waals surface area contributed by atoms with Crippen LogP contribution in [0.5, 0.6) is 0 Å². The number of benzene rings is 1. The molecule has 1 saturated heterocycles. The fourth-order valence-electron chi connectivity index (χ4n) is 5.70. The summed E-state index contributed by atoms with van der Waals surface area (Å²) in [6.07, 6.45) is 8.52. The van der Waals surface area contributed by atoms with Gasteiger partial charge in [0.15, 0.2) is 0 Å². The molecule has 1 aromatic rings. The maximum Gasteiger partial charge on any atom is 0.0731 e. The van der Waals surface area contributed by atoms with Gasteiger partial charge in [-0.25, -0.2) is 0 Å². The largest absolute Gasteiger partial charge is 0.389 e. The second kappa shape index (κ2) is 8.18. The molecule has 4 atom stereocenters. The number of halogens is 1. The Labute approximate surface area is 163 Å². The first-order valence-electron chi connectivity index (χ1n) is 10.5. The van der Waals surface area contributed by atoms with Crippen molar-refractivity contribution >= 4 is 11.6 Å². The van der Waals surface area contributed by atoms with Crippen molar-refractivity contribution in [1.82, 2.24) is 10.2 Å². The zero-order valence-corrected chi connectivity index (χ0v) is 16.6. The van der Waals surface area contributed by atoms with E-state index in [1.807, 2.05) is 12.1 Å². The van der Waals surface area contributed by atoms with Gasteiger partial charge in [0, 0.05) is 43.7 Å². The third-order valence-corrected chi connectivity index (χ3v) is 7.42. The predicted octanol–water partition coefficient (Wildman–Crippen LogP) is 4.05. The van der Waals surface area contributed by atoms with Crippen molar-refractivity contribution in [3.05, 3.63) is 34.9 Å². The number of nitrogens with one attached hydrogen (secondary N) is 1. The highest BCUT2D eigenvalue weighted by atomic mass is 35.5. The van der Waals surface area contributed by atoms with Crippen molar-refractivity contribution in [3.8, 4) is 0 Å². The molecule has 144 valence electrons. The van der Waals surface area contributed by atoms with E-state index in [2.05, 4.69) is 22.3 Å². The minimum Gasteiger partial charge on any atom is -0.389 e. The molecule has 3 nitrogen and oxygen atoms in total. The van der Waals surface area contributed by atoms with E-state index < -0.39 is 5.60 Å².